The van der Waals surface area contributed by atoms with Crippen LogP contribution < -0.4 is 10.6 Å². The van der Waals surface area contributed by atoms with E-state index in [4.69, 9.17) is 0 Å². The van der Waals surface area contributed by atoms with Crippen molar-refractivity contribution in [1.29, 1.82) is 0 Å². The van der Waals surface area contributed by atoms with Crippen molar-refractivity contribution in [3.8, 4) is 0 Å². The number of thiazole rings is 1. The van der Waals surface area contributed by atoms with Crippen LogP contribution in [0.4, 0.5) is 13.9 Å². The summed E-state index contributed by atoms with van der Waals surface area (Å²) in [5.74, 6) is -2.73. The highest BCUT2D eigenvalue weighted by molar-refractivity contribution is 7.22. The molecule has 0 atom stereocenters. The molecule has 1 heterocycles. The molecule has 8 heteroatoms. The van der Waals surface area contributed by atoms with Crippen molar-refractivity contribution in [2.75, 3.05) is 11.9 Å². The van der Waals surface area contributed by atoms with E-state index in [1.165, 1.54) is 11.3 Å². The van der Waals surface area contributed by atoms with Crippen molar-refractivity contribution in [3.63, 3.8) is 0 Å². The summed E-state index contributed by atoms with van der Waals surface area (Å²) < 4.78 is 27.4. The van der Waals surface area contributed by atoms with Gasteiger partial charge in [0.2, 0.25) is 5.91 Å². The second kappa shape index (κ2) is 7.79. The molecule has 0 aliphatic heterocycles. The largest absolute Gasteiger partial charge is 0.351 e. The molecule has 0 saturated carbocycles. The van der Waals surface area contributed by atoms with E-state index < -0.39 is 17.5 Å². The first kappa shape index (κ1) is 18.9. The van der Waals surface area contributed by atoms with Gasteiger partial charge in [0.1, 0.15) is 11.6 Å². The first-order valence-electron chi connectivity index (χ1n) is 8.24. The summed E-state index contributed by atoms with van der Waals surface area (Å²) in [7, 11) is 0. The smallest absolute Gasteiger partial charge is 0.254 e. The van der Waals surface area contributed by atoms with Crippen molar-refractivity contribution in [1.82, 2.24) is 10.3 Å². The van der Waals surface area contributed by atoms with Gasteiger partial charge in [-0.1, -0.05) is 17.4 Å². The molecule has 0 saturated heterocycles. The average Bonchev–Trinajstić information content (AvgIpc) is 2.97. The van der Waals surface area contributed by atoms with E-state index in [1.807, 2.05) is 26.0 Å². The number of amides is 2. The van der Waals surface area contributed by atoms with Gasteiger partial charge in [-0.2, -0.15) is 0 Å². The first-order valence-corrected chi connectivity index (χ1v) is 9.06. The molecular weight excluding hydrogens is 372 g/mol. The maximum atomic E-state index is 13.5. The third-order valence-electron chi connectivity index (χ3n) is 3.89. The minimum absolute atomic E-state index is 0.00247. The number of hydrogen-bond acceptors (Lipinski definition) is 4. The third kappa shape index (κ3) is 4.46. The quantitative estimate of drug-likeness (QED) is 0.694. The molecule has 0 aliphatic rings. The molecule has 1 aromatic heterocycles. The van der Waals surface area contributed by atoms with Crippen molar-refractivity contribution in [3.05, 3.63) is 58.7 Å². The Morgan fingerprint density at radius 2 is 1.93 bits per heavy atom. The Kier molecular flexibility index (Phi) is 5.46. The Hall–Kier alpha value is -2.87. The molecular formula is C19H17F2N3O2S. The highest BCUT2D eigenvalue weighted by Crippen LogP contribution is 2.29. The second-order valence-corrected chi connectivity index (χ2v) is 7.16. The molecule has 2 N–H and O–H groups in total. The van der Waals surface area contributed by atoms with Crippen LogP contribution in [-0.2, 0) is 4.79 Å². The molecule has 0 aliphatic carbocycles. The lowest BCUT2D eigenvalue weighted by atomic mass is 10.1. The number of anilines is 1. The Labute approximate surface area is 158 Å². The molecule has 0 radical (unpaired) electrons. The van der Waals surface area contributed by atoms with Crippen molar-refractivity contribution in [2.24, 2.45) is 0 Å². The van der Waals surface area contributed by atoms with E-state index in [-0.39, 0.29) is 24.4 Å². The van der Waals surface area contributed by atoms with Crippen molar-refractivity contribution < 1.29 is 18.4 Å². The van der Waals surface area contributed by atoms with Gasteiger partial charge < -0.3 is 10.6 Å². The number of halogens is 2. The molecule has 0 unspecified atom stereocenters. The number of fused-ring (bicyclic) bond motifs is 1. The van der Waals surface area contributed by atoms with Gasteiger partial charge in [0, 0.05) is 19.0 Å². The number of benzene rings is 2. The molecule has 5 nitrogen and oxygen atoms in total. The van der Waals surface area contributed by atoms with E-state index in [1.54, 1.807) is 0 Å². The summed E-state index contributed by atoms with van der Waals surface area (Å²) in [6, 6.07) is 6.73. The van der Waals surface area contributed by atoms with Crippen molar-refractivity contribution >= 4 is 38.5 Å². The van der Waals surface area contributed by atoms with E-state index >= 15 is 0 Å². The molecule has 0 bridgehead atoms. The molecule has 27 heavy (non-hydrogen) atoms. The summed E-state index contributed by atoms with van der Waals surface area (Å²) in [4.78, 5) is 28.4. The Morgan fingerprint density at radius 3 is 2.67 bits per heavy atom. The van der Waals surface area contributed by atoms with Gasteiger partial charge in [-0.25, -0.2) is 13.8 Å². The highest BCUT2D eigenvalue weighted by atomic mass is 32.1. The predicted molar refractivity (Wildman–Crippen MR) is 101 cm³/mol. The fraction of sp³-hybridized carbons (Fsp3) is 0.211. The number of carbonyl (C=O) groups is 2. The summed E-state index contributed by atoms with van der Waals surface area (Å²) >= 11 is 1.38. The van der Waals surface area contributed by atoms with Crippen LogP contribution in [-0.4, -0.2) is 23.3 Å². The Morgan fingerprint density at radius 1 is 1.15 bits per heavy atom. The lowest BCUT2D eigenvalue weighted by molar-refractivity contribution is -0.116. The maximum absolute atomic E-state index is 13.5. The number of rotatable bonds is 5. The summed E-state index contributed by atoms with van der Waals surface area (Å²) in [5.41, 5.74) is 2.74. The van der Waals surface area contributed by atoms with Gasteiger partial charge in [0.25, 0.3) is 5.91 Å². The molecule has 3 aromatic rings. The van der Waals surface area contributed by atoms with E-state index in [0.717, 1.165) is 33.5 Å². The Bertz CT molecular complexity index is 1030. The SMILES string of the molecule is Cc1cc(C)c2nc(NC(=O)CCNC(=O)c3ccc(F)cc3F)sc2c1. The second-order valence-electron chi connectivity index (χ2n) is 6.13. The van der Waals surface area contributed by atoms with Gasteiger partial charge >= 0.3 is 0 Å². The molecule has 140 valence electrons. The fourth-order valence-corrected chi connectivity index (χ4v) is 3.72. The topological polar surface area (TPSA) is 71.1 Å². The van der Waals surface area contributed by atoms with E-state index in [9.17, 15) is 18.4 Å². The van der Waals surface area contributed by atoms with Gasteiger partial charge in [0.15, 0.2) is 5.13 Å². The normalized spacial score (nSPS) is 10.8. The number of carbonyl (C=O) groups excluding carboxylic acids is 2. The monoisotopic (exact) mass is 389 g/mol. The van der Waals surface area contributed by atoms with Gasteiger partial charge in [-0.3, -0.25) is 9.59 Å². The summed E-state index contributed by atoms with van der Waals surface area (Å²) in [6.45, 7) is 3.98. The Balaban J connectivity index is 1.55. The van der Waals surface area contributed by atoms with Crippen LogP contribution in [0.1, 0.15) is 27.9 Å². The van der Waals surface area contributed by atoms with Crippen LogP contribution >= 0.6 is 11.3 Å². The lowest BCUT2D eigenvalue weighted by Crippen LogP contribution is -2.28. The van der Waals surface area contributed by atoms with Crippen LogP contribution in [0, 0.1) is 25.5 Å². The molecule has 3 rings (SSSR count). The van der Waals surface area contributed by atoms with Gasteiger partial charge in [-0.05, 0) is 43.2 Å². The van der Waals surface area contributed by atoms with Crippen molar-refractivity contribution in [2.45, 2.75) is 20.3 Å². The molecule has 2 aromatic carbocycles. The molecule has 2 amide bonds. The third-order valence-corrected chi connectivity index (χ3v) is 4.81. The number of aromatic nitrogens is 1. The van der Waals surface area contributed by atoms with Crippen LogP contribution in [0.15, 0.2) is 30.3 Å². The van der Waals surface area contributed by atoms with Crippen LogP contribution in [0.5, 0.6) is 0 Å². The average molecular weight is 389 g/mol. The zero-order valence-electron chi connectivity index (χ0n) is 14.7. The number of nitrogens with zero attached hydrogens (tertiary/aromatic N) is 1. The highest BCUT2D eigenvalue weighted by Gasteiger charge is 2.13. The standard InChI is InChI=1S/C19H17F2N3O2S/c1-10-7-11(2)17-15(8-10)27-19(24-17)23-16(25)5-6-22-18(26)13-4-3-12(20)9-14(13)21/h3-4,7-9H,5-6H2,1-2H3,(H,22,26)(H,23,24,25). The predicted octanol–water partition coefficient (Wildman–Crippen LogP) is 3.95. The molecule has 0 spiro atoms. The van der Waals surface area contributed by atoms with E-state index in [2.05, 4.69) is 15.6 Å². The summed E-state index contributed by atoms with van der Waals surface area (Å²) in [5, 5.41) is 5.63. The molecule has 0 fully saturated rings. The van der Waals surface area contributed by atoms with Crippen LogP contribution in [0.25, 0.3) is 10.2 Å². The first-order chi connectivity index (χ1) is 12.8. The number of aryl methyl sites for hydroxylation is 2. The zero-order chi connectivity index (χ0) is 19.6. The minimum Gasteiger partial charge on any atom is -0.351 e. The van der Waals surface area contributed by atoms with Gasteiger partial charge in [0.05, 0.1) is 15.8 Å². The fourth-order valence-electron chi connectivity index (χ4n) is 2.66. The number of nitrogens with one attached hydrogen (secondary N) is 2. The van der Waals surface area contributed by atoms with Crippen LogP contribution in [0.3, 0.4) is 0 Å². The van der Waals surface area contributed by atoms with Crippen LogP contribution in [0.2, 0.25) is 0 Å². The van der Waals surface area contributed by atoms with E-state index in [0.29, 0.717) is 11.2 Å². The lowest BCUT2D eigenvalue weighted by Gasteiger charge is -2.06. The zero-order valence-corrected chi connectivity index (χ0v) is 15.5. The maximum Gasteiger partial charge on any atom is 0.254 e. The minimum atomic E-state index is -0.947. The van der Waals surface area contributed by atoms with Gasteiger partial charge in [-0.15, -0.1) is 0 Å². The number of hydrogen-bond donors (Lipinski definition) is 2. The summed E-state index contributed by atoms with van der Waals surface area (Å²) in [6.07, 6.45) is 0.00247.